The quantitative estimate of drug-likeness (QED) is 0.744. The van der Waals surface area contributed by atoms with Crippen molar-refractivity contribution in [2.75, 3.05) is 0 Å². The van der Waals surface area contributed by atoms with Crippen LogP contribution in [0.1, 0.15) is 5.56 Å². The maximum atomic E-state index is 13.0. The minimum atomic E-state index is -4.44. The smallest absolute Gasteiger partial charge is 0.313 e. The Morgan fingerprint density at radius 3 is 2.57 bits per heavy atom. The van der Waals surface area contributed by atoms with Gasteiger partial charge in [-0.2, -0.15) is 13.2 Å². The zero-order valence-corrected chi connectivity index (χ0v) is 10.6. The van der Waals surface area contributed by atoms with Crippen molar-refractivity contribution in [1.29, 1.82) is 0 Å². The van der Waals surface area contributed by atoms with E-state index in [2.05, 4.69) is 9.97 Å². The van der Waals surface area contributed by atoms with E-state index in [4.69, 9.17) is 0 Å². The van der Waals surface area contributed by atoms with Crippen LogP contribution in [-0.4, -0.2) is 9.97 Å². The van der Waals surface area contributed by atoms with Gasteiger partial charge in [0.05, 0.1) is 22.8 Å². The van der Waals surface area contributed by atoms with E-state index < -0.39 is 11.7 Å². The molecule has 0 saturated carbocycles. The summed E-state index contributed by atoms with van der Waals surface area (Å²) in [6.07, 6.45) is -3.21. The molecule has 0 spiro atoms. The van der Waals surface area contributed by atoms with Crippen molar-refractivity contribution in [3.8, 4) is 11.1 Å². The highest BCUT2D eigenvalue weighted by Gasteiger charge is 2.33. The molecule has 0 unspecified atom stereocenters. The summed E-state index contributed by atoms with van der Waals surface area (Å²) in [5.74, 6) is 0. The number of nitrogens with one attached hydrogen (secondary N) is 1. The van der Waals surface area contributed by atoms with E-state index >= 15 is 0 Å². The third kappa shape index (κ3) is 2.40. The Labute approximate surface area is 117 Å². The summed E-state index contributed by atoms with van der Waals surface area (Å²) >= 11 is 0. The zero-order chi connectivity index (χ0) is 15.0. The number of hydrogen-bond donors (Lipinski definition) is 1. The average molecular weight is 290 g/mol. The molecular formula is C15H9F3N2O. The highest BCUT2D eigenvalue weighted by molar-refractivity contribution is 5.84. The Bertz CT molecular complexity index is 868. The molecule has 0 saturated heterocycles. The van der Waals surface area contributed by atoms with Crippen LogP contribution in [0.2, 0.25) is 0 Å². The first kappa shape index (κ1) is 13.4. The van der Waals surface area contributed by atoms with Crippen LogP contribution in [0.3, 0.4) is 0 Å². The second-order valence-corrected chi connectivity index (χ2v) is 4.51. The lowest BCUT2D eigenvalue weighted by Crippen LogP contribution is -2.08. The molecule has 0 fully saturated rings. The van der Waals surface area contributed by atoms with Crippen molar-refractivity contribution in [3.63, 3.8) is 0 Å². The molecule has 21 heavy (non-hydrogen) atoms. The minimum Gasteiger partial charge on any atom is -0.313 e. The standard InChI is InChI=1S/C15H9F3N2O/c16-15(17,18)12-4-2-1-3-10(12)9-5-6-11-13(7-9)19-8-20-14(11)21/h1-8H,(H,19,20,21). The lowest BCUT2D eigenvalue weighted by atomic mass is 9.98. The van der Waals surface area contributed by atoms with E-state index in [0.717, 1.165) is 6.07 Å². The van der Waals surface area contributed by atoms with Gasteiger partial charge in [0, 0.05) is 0 Å². The summed E-state index contributed by atoms with van der Waals surface area (Å²) in [4.78, 5) is 18.0. The number of benzene rings is 2. The van der Waals surface area contributed by atoms with Gasteiger partial charge >= 0.3 is 6.18 Å². The second-order valence-electron chi connectivity index (χ2n) is 4.51. The molecule has 3 aromatic rings. The molecule has 0 radical (unpaired) electrons. The van der Waals surface area contributed by atoms with Crippen LogP contribution in [0.25, 0.3) is 22.0 Å². The molecule has 0 aliphatic carbocycles. The summed E-state index contributed by atoms with van der Waals surface area (Å²) in [5, 5.41) is 0.339. The number of rotatable bonds is 1. The van der Waals surface area contributed by atoms with Gasteiger partial charge in [-0.15, -0.1) is 0 Å². The van der Waals surface area contributed by atoms with Crippen LogP contribution in [0.5, 0.6) is 0 Å². The van der Waals surface area contributed by atoms with Crippen LogP contribution in [0.15, 0.2) is 53.6 Å². The fraction of sp³-hybridized carbons (Fsp3) is 0.0667. The van der Waals surface area contributed by atoms with Gasteiger partial charge < -0.3 is 4.98 Å². The summed E-state index contributed by atoms with van der Waals surface area (Å²) in [6.45, 7) is 0. The SMILES string of the molecule is O=c1[nH]cnc2cc(-c3ccccc3C(F)(F)F)ccc12. The topological polar surface area (TPSA) is 45.8 Å². The maximum absolute atomic E-state index is 13.0. The van der Waals surface area contributed by atoms with Crippen molar-refractivity contribution in [3.05, 3.63) is 64.7 Å². The number of nitrogens with zero attached hydrogens (tertiary/aromatic N) is 1. The first-order chi connectivity index (χ1) is 9.97. The van der Waals surface area contributed by atoms with E-state index in [9.17, 15) is 18.0 Å². The van der Waals surface area contributed by atoms with E-state index in [0.29, 0.717) is 16.5 Å². The largest absolute Gasteiger partial charge is 0.417 e. The molecule has 3 nitrogen and oxygen atoms in total. The van der Waals surface area contributed by atoms with Crippen molar-refractivity contribution in [2.45, 2.75) is 6.18 Å². The Kier molecular flexibility index (Phi) is 3.01. The summed E-state index contributed by atoms with van der Waals surface area (Å²) in [7, 11) is 0. The Morgan fingerprint density at radius 1 is 1.05 bits per heavy atom. The van der Waals surface area contributed by atoms with Crippen molar-refractivity contribution in [1.82, 2.24) is 9.97 Å². The third-order valence-corrected chi connectivity index (χ3v) is 3.19. The number of aromatic amines is 1. The Hall–Kier alpha value is -2.63. The van der Waals surface area contributed by atoms with Crippen LogP contribution in [0.4, 0.5) is 13.2 Å². The predicted molar refractivity (Wildman–Crippen MR) is 72.8 cm³/mol. The van der Waals surface area contributed by atoms with Gasteiger partial charge in [0.25, 0.3) is 5.56 Å². The van der Waals surface area contributed by atoms with Crippen LogP contribution in [-0.2, 0) is 6.18 Å². The van der Waals surface area contributed by atoms with E-state index in [-0.39, 0.29) is 11.1 Å². The normalized spacial score (nSPS) is 11.8. The average Bonchev–Trinajstić information content (AvgIpc) is 2.46. The van der Waals surface area contributed by atoms with Gasteiger partial charge in [-0.25, -0.2) is 4.98 Å². The molecule has 0 atom stereocenters. The molecule has 6 heteroatoms. The maximum Gasteiger partial charge on any atom is 0.417 e. The van der Waals surface area contributed by atoms with Gasteiger partial charge in [-0.3, -0.25) is 4.79 Å². The molecule has 0 aliphatic rings. The van der Waals surface area contributed by atoms with E-state index in [1.807, 2.05) is 0 Å². The number of fused-ring (bicyclic) bond motifs is 1. The number of hydrogen-bond acceptors (Lipinski definition) is 2. The summed E-state index contributed by atoms with van der Waals surface area (Å²) < 4.78 is 39.1. The zero-order valence-electron chi connectivity index (χ0n) is 10.6. The molecule has 1 N–H and O–H groups in total. The Morgan fingerprint density at radius 2 is 1.81 bits per heavy atom. The number of aromatic nitrogens is 2. The molecule has 0 amide bonds. The molecule has 1 aromatic heterocycles. The summed E-state index contributed by atoms with van der Waals surface area (Å²) in [6, 6.07) is 9.76. The van der Waals surface area contributed by atoms with Crippen molar-refractivity contribution in [2.24, 2.45) is 0 Å². The first-order valence-corrected chi connectivity index (χ1v) is 6.11. The Balaban J connectivity index is 2.25. The lowest BCUT2D eigenvalue weighted by Gasteiger charge is -2.13. The highest BCUT2D eigenvalue weighted by atomic mass is 19.4. The molecule has 106 valence electrons. The molecule has 3 rings (SSSR count). The highest BCUT2D eigenvalue weighted by Crippen LogP contribution is 2.37. The minimum absolute atomic E-state index is 0.0639. The van der Waals surface area contributed by atoms with Gasteiger partial charge in [0.1, 0.15) is 0 Å². The third-order valence-electron chi connectivity index (χ3n) is 3.19. The van der Waals surface area contributed by atoms with Crippen LogP contribution >= 0.6 is 0 Å². The number of halogens is 3. The lowest BCUT2D eigenvalue weighted by molar-refractivity contribution is -0.137. The van der Waals surface area contributed by atoms with Crippen molar-refractivity contribution < 1.29 is 13.2 Å². The van der Waals surface area contributed by atoms with Gasteiger partial charge in [-0.1, -0.05) is 24.3 Å². The van der Waals surface area contributed by atoms with Crippen LogP contribution in [0, 0.1) is 0 Å². The fourth-order valence-electron chi connectivity index (χ4n) is 2.22. The van der Waals surface area contributed by atoms with E-state index in [1.165, 1.54) is 36.7 Å². The van der Waals surface area contributed by atoms with Crippen LogP contribution < -0.4 is 5.56 Å². The molecule has 0 aliphatic heterocycles. The fourth-order valence-corrected chi connectivity index (χ4v) is 2.22. The van der Waals surface area contributed by atoms with E-state index in [1.54, 1.807) is 6.07 Å². The predicted octanol–water partition coefficient (Wildman–Crippen LogP) is 3.61. The molecule has 1 heterocycles. The van der Waals surface area contributed by atoms with Gasteiger partial charge in [-0.05, 0) is 29.3 Å². The first-order valence-electron chi connectivity index (χ1n) is 6.11. The number of H-pyrrole nitrogens is 1. The summed E-state index contributed by atoms with van der Waals surface area (Å²) in [5.41, 5.74) is -0.249. The number of alkyl halides is 3. The van der Waals surface area contributed by atoms with Crippen molar-refractivity contribution >= 4 is 10.9 Å². The molecule has 0 bridgehead atoms. The molecule has 2 aromatic carbocycles. The van der Waals surface area contributed by atoms with Gasteiger partial charge in [0.2, 0.25) is 0 Å². The second kappa shape index (κ2) is 4.73. The molecular weight excluding hydrogens is 281 g/mol. The van der Waals surface area contributed by atoms with Gasteiger partial charge in [0.15, 0.2) is 0 Å². The monoisotopic (exact) mass is 290 g/mol.